The molecule has 92 valence electrons. The monoisotopic (exact) mass is 242 g/mol. The van der Waals surface area contributed by atoms with Gasteiger partial charge in [0, 0.05) is 11.3 Å². The average Bonchev–Trinajstić information content (AvgIpc) is 2.41. The highest BCUT2D eigenvalue weighted by Gasteiger charge is 2.47. The number of hydrogen-bond donors (Lipinski definition) is 2. The van der Waals surface area contributed by atoms with Gasteiger partial charge >= 0.3 is 0 Å². The Labute approximate surface area is 105 Å². The molecule has 2 heterocycles. The smallest absolute Gasteiger partial charge is 0.235 e. The van der Waals surface area contributed by atoms with Crippen LogP contribution in [0.15, 0.2) is 24.3 Å². The minimum absolute atomic E-state index is 0.0685. The van der Waals surface area contributed by atoms with Crippen LogP contribution in [0.25, 0.3) is 5.57 Å². The summed E-state index contributed by atoms with van der Waals surface area (Å²) in [6, 6.07) is 7.42. The van der Waals surface area contributed by atoms with Crippen molar-refractivity contribution in [3.05, 3.63) is 29.8 Å². The molecule has 2 aliphatic rings. The molecule has 0 aromatic heterocycles. The third-order valence-corrected chi connectivity index (χ3v) is 3.92. The number of nitrogens with one attached hydrogen (secondary N) is 2. The average molecular weight is 242 g/mol. The maximum Gasteiger partial charge on any atom is 0.235 e. The predicted octanol–water partition coefficient (Wildman–Crippen LogP) is 1.22. The van der Waals surface area contributed by atoms with Crippen LogP contribution in [0.4, 0.5) is 5.69 Å². The molecule has 0 unspecified atom stereocenters. The molecule has 4 nitrogen and oxygen atoms in total. The molecule has 1 fully saturated rings. The van der Waals surface area contributed by atoms with Crippen molar-refractivity contribution in [3.8, 4) is 0 Å². The lowest BCUT2D eigenvalue weighted by Gasteiger charge is -2.40. The van der Waals surface area contributed by atoms with Crippen LogP contribution in [-0.4, -0.2) is 24.9 Å². The van der Waals surface area contributed by atoms with Crippen molar-refractivity contribution in [2.75, 3.05) is 18.4 Å². The van der Waals surface area contributed by atoms with Gasteiger partial charge in [0.1, 0.15) is 5.94 Å². The zero-order chi connectivity index (χ0) is 12.6. The van der Waals surface area contributed by atoms with Gasteiger partial charge in [-0.05, 0) is 32.0 Å². The highest BCUT2D eigenvalue weighted by atomic mass is 16.2. The molecule has 0 radical (unpaired) electrons. The third-order valence-electron chi connectivity index (χ3n) is 3.92. The van der Waals surface area contributed by atoms with Crippen molar-refractivity contribution in [1.82, 2.24) is 5.32 Å². The third kappa shape index (κ3) is 1.43. The Balaban J connectivity index is 2.18. The fraction of sp³-hybridized carbons (Fsp3) is 0.357. The van der Waals surface area contributed by atoms with E-state index in [-0.39, 0.29) is 5.91 Å². The summed E-state index contributed by atoms with van der Waals surface area (Å²) in [5, 5.41) is 6.14. The second kappa shape index (κ2) is 4.09. The number of amides is 1. The predicted molar refractivity (Wildman–Crippen MR) is 68.7 cm³/mol. The first-order chi connectivity index (χ1) is 8.78. The van der Waals surface area contributed by atoms with Crippen LogP contribution in [0.3, 0.4) is 0 Å². The number of benzene rings is 1. The van der Waals surface area contributed by atoms with Gasteiger partial charge < -0.3 is 10.6 Å². The van der Waals surface area contributed by atoms with Crippen molar-refractivity contribution in [2.45, 2.75) is 12.8 Å². The minimum Gasteiger partial charge on any atom is -0.325 e. The summed E-state index contributed by atoms with van der Waals surface area (Å²) in [4.78, 5) is 23.7. The Bertz CT molecular complexity index is 553. The summed E-state index contributed by atoms with van der Waals surface area (Å²) in [6.07, 6.45) is 1.30. The fourth-order valence-electron chi connectivity index (χ4n) is 2.91. The number of hydrogen-bond acceptors (Lipinski definition) is 3. The number of carbonyl (C=O) groups is 1. The minimum atomic E-state index is -0.693. The lowest BCUT2D eigenvalue weighted by molar-refractivity contribution is -0.124. The molecule has 18 heavy (non-hydrogen) atoms. The van der Waals surface area contributed by atoms with Crippen LogP contribution in [-0.2, 0) is 9.59 Å². The number of para-hydroxylation sites is 1. The van der Waals surface area contributed by atoms with Gasteiger partial charge in [-0.25, -0.2) is 4.79 Å². The Morgan fingerprint density at radius 2 is 1.89 bits per heavy atom. The Kier molecular flexibility index (Phi) is 2.54. The fourth-order valence-corrected chi connectivity index (χ4v) is 2.91. The lowest BCUT2D eigenvalue weighted by Crippen LogP contribution is -2.48. The van der Waals surface area contributed by atoms with Gasteiger partial charge in [0.05, 0.1) is 11.0 Å². The standard InChI is InChI=1S/C14H14N2O2/c17-9-11-10-3-1-2-4-12(10)16-13(18)14(11)5-7-15-8-6-14/h1-4,15H,5-8H2,(H,16,18). The van der Waals surface area contributed by atoms with Crippen molar-refractivity contribution >= 4 is 23.1 Å². The Morgan fingerprint density at radius 3 is 2.61 bits per heavy atom. The molecule has 1 aromatic rings. The van der Waals surface area contributed by atoms with E-state index >= 15 is 0 Å². The highest BCUT2D eigenvalue weighted by Crippen LogP contribution is 2.47. The van der Waals surface area contributed by atoms with Crippen molar-refractivity contribution in [2.24, 2.45) is 5.41 Å². The van der Waals surface area contributed by atoms with Crippen molar-refractivity contribution in [3.63, 3.8) is 0 Å². The van der Waals surface area contributed by atoms with E-state index in [0.29, 0.717) is 24.1 Å². The first-order valence-electron chi connectivity index (χ1n) is 6.15. The van der Waals surface area contributed by atoms with E-state index in [1.54, 1.807) is 0 Å². The molecule has 0 saturated carbocycles. The van der Waals surface area contributed by atoms with E-state index in [2.05, 4.69) is 10.6 Å². The highest BCUT2D eigenvalue weighted by molar-refractivity contribution is 6.15. The van der Waals surface area contributed by atoms with E-state index in [1.165, 1.54) is 0 Å². The molecule has 0 bridgehead atoms. The van der Waals surface area contributed by atoms with Gasteiger partial charge in [0.25, 0.3) is 0 Å². The zero-order valence-electron chi connectivity index (χ0n) is 9.95. The molecule has 4 heteroatoms. The van der Waals surface area contributed by atoms with Crippen LogP contribution >= 0.6 is 0 Å². The molecule has 2 aliphatic heterocycles. The van der Waals surface area contributed by atoms with Crippen LogP contribution in [0.5, 0.6) is 0 Å². The molecule has 1 saturated heterocycles. The summed E-state index contributed by atoms with van der Waals surface area (Å²) in [6.45, 7) is 1.50. The summed E-state index contributed by atoms with van der Waals surface area (Å²) in [7, 11) is 0. The van der Waals surface area contributed by atoms with E-state index in [4.69, 9.17) is 0 Å². The molecule has 2 N–H and O–H groups in total. The number of piperidine rings is 1. The summed E-state index contributed by atoms with van der Waals surface area (Å²) < 4.78 is 0. The summed E-state index contributed by atoms with van der Waals surface area (Å²) in [5.41, 5.74) is 1.35. The molecule has 0 aliphatic carbocycles. The maximum absolute atomic E-state index is 12.4. The van der Waals surface area contributed by atoms with Crippen LogP contribution < -0.4 is 10.6 Å². The molecule has 1 spiro atoms. The zero-order valence-corrected chi connectivity index (χ0v) is 9.95. The normalized spacial score (nSPS) is 21.1. The molecule has 1 aromatic carbocycles. The number of carbonyl (C=O) groups excluding carboxylic acids is 2. The van der Waals surface area contributed by atoms with Gasteiger partial charge in [0.15, 0.2) is 0 Å². The largest absolute Gasteiger partial charge is 0.325 e. The van der Waals surface area contributed by atoms with E-state index in [0.717, 1.165) is 18.7 Å². The number of anilines is 1. The van der Waals surface area contributed by atoms with Crippen LogP contribution in [0, 0.1) is 5.41 Å². The summed E-state index contributed by atoms with van der Waals surface area (Å²) in [5.74, 6) is 1.96. The number of rotatable bonds is 0. The molecule has 3 rings (SSSR count). The second-order valence-corrected chi connectivity index (χ2v) is 4.81. The van der Waals surface area contributed by atoms with E-state index < -0.39 is 5.41 Å². The quantitative estimate of drug-likeness (QED) is 0.673. The van der Waals surface area contributed by atoms with Crippen molar-refractivity contribution < 1.29 is 9.59 Å². The number of fused-ring (bicyclic) bond motifs is 1. The molecule has 0 atom stereocenters. The van der Waals surface area contributed by atoms with Crippen LogP contribution in [0.1, 0.15) is 18.4 Å². The van der Waals surface area contributed by atoms with Crippen molar-refractivity contribution in [1.29, 1.82) is 0 Å². The van der Waals surface area contributed by atoms with Gasteiger partial charge in [-0.3, -0.25) is 4.79 Å². The van der Waals surface area contributed by atoms with Gasteiger partial charge in [0.2, 0.25) is 5.91 Å². The van der Waals surface area contributed by atoms with Gasteiger partial charge in [-0.15, -0.1) is 0 Å². The molecular weight excluding hydrogens is 228 g/mol. The first kappa shape index (κ1) is 11.2. The Hall–Kier alpha value is -1.90. The summed E-state index contributed by atoms with van der Waals surface area (Å²) >= 11 is 0. The Morgan fingerprint density at radius 1 is 1.17 bits per heavy atom. The maximum atomic E-state index is 12.4. The van der Waals surface area contributed by atoms with Crippen LogP contribution in [0.2, 0.25) is 0 Å². The molecule has 1 amide bonds. The first-order valence-corrected chi connectivity index (χ1v) is 6.15. The van der Waals surface area contributed by atoms with Gasteiger partial charge in [-0.1, -0.05) is 18.2 Å². The lowest BCUT2D eigenvalue weighted by atomic mass is 9.68. The van der Waals surface area contributed by atoms with E-state index in [9.17, 15) is 9.59 Å². The SMILES string of the molecule is O=C=C1c2ccccc2NC(=O)C12CCNCC2. The van der Waals surface area contributed by atoms with Gasteiger partial charge in [-0.2, -0.15) is 0 Å². The van der Waals surface area contributed by atoms with E-state index in [1.807, 2.05) is 30.2 Å². The molecular formula is C14H14N2O2. The topological polar surface area (TPSA) is 58.2 Å². The second-order valence-electron chi connectivity index (χ2n) is 4.81.